The van der Waals surface area contributed by atoms with Gasteiger partial charge in [-0.1, -0.05) is 60.7 Å². The van der Waals surface area contributed by atoms with Crippen molar-refractivity contribution < 1.29 is 14.5 Å². The summed E-state index contributed by atoms with van der Waals surface area (Å²) in [6.45, 7) is 1.86. The fraction of sp³-hybridized carbons (Fsp3) is 0.136. The Bertz CT molecular complexity index is 869. The highest BCUT2D eigenvalue weighted by molar-refractivity contribution is 5.89. The van der Waals surface area contributed by atoms with Crippen LogP contribution in [0.15, 0.2) is 84.9 Å². The Morgan fingerprint density at radius 3 is 1.78 bits per heavy atom. The van der Waals surface area contributed by atoms with E-state index in [1.54, 1.807) is 0 Å². The van der Waals surface area contributed by atoms with Crippen LogP contribution in [0.5, 0.6) is 0 Å². The molecular weight excluding hydrogens is 342 g/mol. The maximum Gasteiger partial charge on any atom is 0.338 e. The van der Waals surface area contributed by atoms with Crippen LogP contribution in [0.2, 0.25) is 0 Å². The van der Waals surface area contributed by atoms with Crippen LogP contribution < -0.4 is 0 Å². The number of nitrogens with zero attached hydrogens (tertiary/aromatic N) is 1. The largest absolute Gasteiger partial charge is 0.458 e. The Balaban J connectivity index is 1.83. The van der Waals surface area contributed by atoms with Crippen molar-refractivity contribution >= 4 is 11.7 Å². The molecule has 0 amide bonds. The van der Waals surface area contributed by atoms with Gasteiger partial charge in [-0.05, 0) is 30.2 Å². The minimum absolute atomic E-state index is 0.0638. The molecule has 3 aromatic rings. The molecule has 0 radical (unpaired) electrons. The zero-order valence-corrected chi connectivity index (χ0v) is 14.8. The molecule has 5 heteroatoms. The van der Waals surface area contributed by atoms with Gasteiger partial charge in [0, 0.05) is 18.1 Å². The first kappa shape index (κ1) is 18.3. The number of benzene rings is 3. The van der Waals surface area contributed by atoms with Crippen molar-refractivity contribution in [3.05, 3.63) is 112 Å². The lowest BCUT2D eigenvalue weighted by Gasteiger charge is -2.25. The zero-order chi connectivity index (χ0) is 19.2. The van der Waals surface area contributed by atoms with Crippen LogP contribution in [0.3, 0.4) is 0 Å². The maximum absolute atomic E-state index is 12.5. The van der Waals surface area contributed by atoms with Crippen molar-refractivity contribution in [2.75, 3.05) is 0 Å². The topological polar surface area (TPSA) is 69.4 Å². The molecule has 136 valence electrons. The third-order valence-corrected chi connectivity index (χ3v) is 4.39. The Morgan fingerprint density at radius 2 is 1.33 bits per heavy atom. The molecular formula is C22H19NO4. The predicted molar refractivity (Wildman–Crippen MR) is 103 cm³/mol. The molecule has 0 aromatic heterocycles. The summed E-state index contributed by atoms with van der Waals surface area (Å²) in [4.78, 5) is 22.8. The second kappa shape index (κ2) is 8.27. The Kier molecular flexibility index (Phi) is 5.61. The highest BCUT2D eigenvalue weighted by Crippen LogP contribution is 2.30. The maximum atomic E-state index is 12.5. The third kappa shape index (κ3) is 4.39. The van der Waals surface area contributed by atoms with E-state index in [1.807, 2.05) is 67.6 Å². The molecule has 0 aliphatic heterocycles. The highest BCUT2D eigenvalue weighted by atomic mass is 16.6. The van der Waals surface area contributed by atoms with Crippen LogP contribution in [-0.2, 0) is 4.74 Å². The molecule has 0 aliphatic rings. The SMILES string of the molecule is C[C@H](OC(=O)c1ccc([N+](=O)[O-])cc1)C(c1ccccc1)c1ccccc1. The van der Waals surface area contributed by atoms with Gasteiger partial charge in [-0.15, -0.1) is 0 Å². The van der Waals surface area contributed by atoms with E-state index in [1.165, 1.54) is 24.3 Å². The fourth-order valence-electron chi connectivity index (χ4n) is 3.08. The van der Waals surface area contributed by atoms with Crippen LogP contribution >= 0.6 is 0 Å². The number of hydrogen-bond acceptors (Lipinski definition) is 4. The summed E-state index contributed by atoms with van der Waals surface area (Å²) in [5.41, 5.74) is 2.32. The minimum atomic E-state index is -0.505. The predicted octanol–water partition coefficient (Wildman–Crippen LogP) is 4.97. The van der Waals surface area contributed by atoms with Crippen molar-refractivity contribution in [3.8, 4) is 0 Å². The number of nitro benzene ring substituents is 1. The van der Waals surface area contributed by atoms with Gasteiger partial charge in [-0.3, -0.25) is 10.1 Å². The molecule has 0 aliphatic carbocycles. The molecule has 0 spiro atoms. The molecule has 5 nitrogen and oxygen atoms in total. The summed E-state index contributed by atoms with van der Waals surface area (Å²) >= 11 is 0. The lowest BCUT2D eigenvalue weighted by atomic mass is 9.87. The van der Waals surface area contributed by atoms with Crippen molar-refractivity contribution in [3.63, 3.8) is 0 Å². The average molecular weight is 361 g/mol. The quantitative estimate of drug-likeness (QED) is 0.353. The number of non-ortho nitro benzene ring substituents is 1. The molecule has 0 saturated carbocycles. The smallest absolute Gasteiger partial charge is 0.338 e. The first-order valence-electron chi connectivity index (χ1n) is 8.61. The number of ether oxygens (including phenoxy) is 1. The van der Waals surface area contributed by atoms with E-state index in [9.17, 15) is 14.9 Å². The fourth-order valence-corrected chi connectivity index (χ4v) is 3.08. The van der Waals surface area contributed by atoms with Crippen molar-refractivity contribution in [2.45, 2.75) is 18.9 Å². The number of esters is 1. The Labute approximate surface area is 157 Å². The summed E-state index contributed by atoms with van der Waals surface area (Å²) in [5.74, 6) is -0.622. The first-order chi connectivity index (χ1) is 13.1. The van der Waals surface area contributed by atoms with E-state index in [-0.39, 0.29) is 17.2 Å². The second-order valence-electron chi connectivity index (χ2n) is 6.21. The standard InChI is InChI=1S/C22H19NO4/c1-16(27-22(24)19-12-14-20(15-13-19)23(25)26)21(17-8-4-2-5-9-17)18-10-6-3-7-11-18/h2-16,21H,1H3/t16-/m0/s1. The van der Waals surface area contributed by atoms with E-state index in [0.717, 1.165) is 11.1 Å². The number of carbonyl (C=O) groups is 1. The molecule has 3 aromatic carbocycles. The second-order valence-corrected chi connectivity index (χ2v) is 6.21. The number of carbonyl (C=O) groups excluding carboxylic acids is 1. The van der Waals surface area contributed by atoms with E-state index < -0.39 is 17.0 Å². The van der Waals surface area contributed by atoms with Gasteiger partial charge >= 0.3 is 5.97 Å². The lowest BCUT2D eigenvalue weighted by Crippen LogP contribution is -2.23. The normalized spacial score (nSPS) is 11.8. The monoisotopic (exact) mass is 361 g/mol. The summed E-state index contributed by atoms with van der Waals surface area (Å²) in [7, 11) is 0. The third-order valence-electron chi connectivity index (χ3n) is 4.39. The van der Waals surface area contributed by atoms with Crippen LogP contribution in [0.25, 0.3) is 0 Å². The summed E-state index contributed by atoms with van der Waals surface area (Å²) in [5, 5.41) is 10.8. The van der Waals surface area contributed by atoms with Crippen LogP contribution in [0.1, 0.15) is 34.3 Å². The molecule has 0 fully saturated rings. The molecule has 3 rings (SSSR count). The van der Waals surface area contributed by atoms with E-state index in [4.69, 9.17) is 4.74 Å². The van der Waals surface area contributed by atoms with Crippen molar-refractivity contribution in [2.24, 2.45) is 0 Å². The van der Waals surface area contributed by atoms with Gasteiger partial charge in [-0.2, -0.15) is 0 Å². The van der Waals surface area contributed by atoms with Gasteiger partial charge in [0.05, 0.1) is 10.5 Å². The van der Waals surface area contributed by atoms with Gasteiger partial charge in [0.1, 0.15) is 6.10 Å². The van der Waals surface area contributed by atoms with E-state index >= 15 is 0 Å². The summed E-state index contributed by atoms with van der Waals surface area (Å²) in [6, 6.07) is 25.2. The lowest BCUT2D eigenvalue weighted by molar-refractivity contribution is -0.384. The summed E-state index contributed by atoms with van der Waals surface area (Å²) < 4.78 is 5.70. The van der Waals surface area contributed by atoms with E-state index in [0.29, 0.717) is 0 Å². The molecule has 0 unspecified atom stereocenters. The average Bonchev–Trinajstić information content (AvgIpc) is 2.70. The van der Waals surface area contributed by atoms with Gasteiger partial charge in [0.2, 0.25) is 0 Å². The van der Waals surface area contributed by atoms with Crippen LogP contribution in [0, 0.1) is 10.1 Å². The van der Waals surface area contributed by atoms with Crippen LogP contribution in [0.4, 0.5) is 5.69 Å². The minimum Gasteiger partial charge on any atom is -0.458 e. The molecule has 1 atom stereocenters. The first-order valence-corrected chi connectivity index (χ1v) is 8.61. The van der Waals surface area contributed by atoms with Gasteiger partial charge in [0.25, 0.3) is 5.69 Å². The number of hydrogen-bond donors (Lipinski definition) is 0. The molecule has 0 saturated heterocycles. The van der Waals surface area contributed by atoms with E-state index in [2.05, 4.69) is 0 Å². The van der Waals surface area contributed by atoms with Crippen molar-refractivity contribution in [1.29, 1.82) is 0 Å². The van der Waals surface area contributed by atoms with Gasteiger partial charge in [-0.25, -0.2) is 4.79 Å². The number of rotatable bonds is 6. The zero-order valence-electron chi connectivity index (χ0n) is 14.8. The highest BCUT2D eigenvalue weighted by Gasteiger charge is 2.25. The van der Waals surface area contributed by atoms with Gasteiger partial charge in [0.15, 0.2) is 0 Å². The van der Waals surface area contributed by atoms with Gasteiger partial charge < -0.3 is 4.74 Å². The molecule has 27 heavy (non-hydrogen) atoms. The Morgan fingerprint density at radius 1 is 0.852 bits per heavy atom. The molecule has 0 bridgehead atoms. The summed E-state index contributed by atoms with van der Waals surface area (Å²) in [6.07, 6.45) is -0.419. The molecule has 0 heterocycles. The number of nitro groups is 1. The Hall–Kier alpha value is -3.47. The van der Waals surface area contributed by atoms with Crippen molar-refractivity contribution in [1.82, 2.24) is 0 Å². The molecule has 0 N–H and O–H groups in total. The van der Waals surface area contributed by atoms with Crippen LogP contribution in [-0.4, -0.2) is 17.0 Å².